The highest BCUT2D eigenvalue weighted by molar-refractivity contribution is 5.50. The third-order valence-electron chi connectivity index (χ3n) is 3.42. The maximum absolute atomic E-state index is 10.0. The summed E-state index contributed by atoms with van der Waals surface area (Å²) in [6, 6.07) is 0. The van der Waals surface area contributed by atoms with Crippen molar-refractivity contribution < 1.29 is 4.79 Å². The molecule has 0 aliphatic rings. The number of rotatable bonds is 15. The minimum Gasteiger partial charge on any atom is -0.291 e. The minimum atomic E-state index is 0.605. The molecule has 0 heterocycles. The van der Waals surface area contributed by atoms with Crippen LogP contribution in [0.4, 0.5) is 0 Å². The standard InChI is InChI=1S/C20H33O/c1-2-3-4-5-6-7-8-9-10-11-12-13-14-15-16-17-18-19-20-21/h6-7,9-10,12-13H,2-5,8,11,14-19H2,1H3/b7-6?,10-9?,13-12-. The third-order valence-corrected chi connectivity index (χ3v) is 3.42. The Bertz CT molecular complexity index is 286. The van der Waals surface area contributed by atoms with Crippen molar-refractivity contribution in [1.29, 1.82) is 0 Å². The molecule has 0 N–H and O–H groups in total. The van der Waals surface area contributed by atoms with Gasteiger partial charge in [-0.1, -0.05) is 69.1 Å². The van der Waals surface area contributed by atoms with Crippen LogP contribution in [0.1, 0.15) is 84.0 Å². The van der Waals surface area contributed by atoms with E-state index in [0.29, 0.717) is 6.42 Å². The molecule has 0 aromatic heterocycles. The average molecular weight is 289 g/mol. The lowest BCUT2D eigenvalue weighted by Gasteiger charge is -1.95. The fourth-order valence-corrected chi connectivity index (χ4v) is 2.10. The number of hydrogen-bond donors (Lipinski definition) is 0. The van der Waals surface area contributed by atoms with Crippen molar-refractivity contribution in [3.8, 4) is 0 Å². The Labute approximate surface area is 132 Å². The van der Waals surface area contributed by atoms with E-state index < -0.39 is 0 Å². The summed E-state index contributed by atoms with van der Waals surface area (Å²) in [5.74, 6) is 0. The van der Waals surface area contributed by atoms with Gasteiger partial charge in [-0.15, -0.1) is 0 Å². The molecule has 1 nitrogen and oxygen atoms in total. The lowest BCUT2D eigenvalue weighted by Crippen LogP contribution is -1.78. The molecule has 119 valence electrons. The molecule has 21 heavy (non-hydrogen) atoms. The molecule has 1 radical (unpaired) electrons. The molecule has 0 aromatic carbocycles. The first kappa shape index (κ1) is 19.9. The normalized spacial score (nSPS) is 12.0. The quantitative estimate of drug-likeness (QED) is 0.249. The minimum absolute atomic E-state index is 0.605. The molecule has 0 aromatic rings. The highest BCUT2D eigenvalue weighted by Crippen LogP contribution is 2.05. The van der Waals surface area contributed by atoms with Crippen LogP contribution in [0.25, 0.3) is 0 Å². The molecule has 0 amide bonds. The number of hydrogen-bond acceptors (Lipinski definition) is 1. The van der Waals surface area contributed by atoms with Gasteiger partial charge in [-0.3, -0.25) is 4.79 Å². The topological polar surface area (TPSA) is 17.1 Å². The van der Waals surface area contributed by atoms with E-state index in [1.807, 2.05) is 6.29 Å². The molecule has 0 fully saturated rings. The van der Waals surface area contributed by atoms with Gasteiger partial charge in [-0.05, 0) is 44.9 Å². The Kier molecular flexibility index (Phi) is 17.9. The summed E-state index contributed by atoms with van der Waals surface area (Å²) >= 11 is 0. The van der Waals surface area contributed by atoms with E-state index >= 15 is 0 Å². The molecule has 0 aliphatic heterocycles. The number of allylic oxidation sites excluding steroid dienone is 6. The zero-order valence-corrected chi connectivity index (χ0v) is 13.9. The zero-order chi connectivity index (χ0) is 15.4. The Balaban J connectivity index is 3.26. The lowest BCUT2D eigenvalue weighted by atomic mass is 10.1. The van der Waals surface area contributed by atoms with E-state index in [-0.39, 0.29) is 0 Å². The first-order valence-electron chi connectivity index (χ1n) is 8.71. The van der Waals surface area contributed by atoms with Crippen molar-refractivity contribution in [2.75, 3.05) is 0 Å². The summed E-state index contributed by atoms with van der Waals surface area (Å²) in [5.41, 5.74) is 0. The Morgan fingerprint density at radius 2 is 1.19 bits per heavy atom. The highest BCUT2D eigenvalue weighted by atomic mass is 16.1. The monoisotopic (exact) mass is 289 g/mol. The van der Waals surface area contributed by atoms with Crippen molar-refractivity contribution >= 4 is 6.29 Å². The Morgan fingerprint density at radius 1 is 0.667 bits per heavy atom. The van der Waals surface area contributed by atoms with E-state index in [1.54, 1.807) is 0 Å². The predicted octanol–water partition coefficient (Wildman–Crippen LogP) is 6.47. The Hall–Kier alpha value is -1.11. The second kappa shape index (κ2) is 18.9. The van der Waals surface area contributed by atoms with Crippen LogP contribution < -0.4 is 0 Å². The first-order valence-corrected chi connectivity index (χ1v) is 8.71. The molecular weight excluding hydrogens is 256 g/mol. The molecule has 0 rings (SSSR count). The second-order valence-electron chi connectivity index (χ2n) is 5.48. The molecule has 0 aliphatic carbocycles. The van der Waals surface area contributed by atoms with Crippen molar-refractivity contribution in [3.05, 3.63) is 36.5 Å². The molecule has 0 bridgehead atoms. The van der Waals surface area contributed by atoms with E-state index in [0.717, 1.165) is 32.1 Å². The summed E-state index contributed by atoms with van der Waals surface area (Å²) in [4.78, 5) is 10.0. The number of carbonyl (C=O) groups excluding carboxylic acids is 1. The van der Waals surface area contributed by atoms with Gasteiger partial charge >= 0.3 is 0 Å². The summed E-state index contributed by atoms with van der Waals surface area (Å²) in [6.45, 7) is 2.24. The molecule has 1 heteroatoms. The summed E-state index contributed by atoms with van der Waals surface area (Å²) < 4.78 is 0. The molecule has 0 saturated heterocycles. The van der Waals surface area contributed by atoms with E-state index in [4.69, 9.17) is 0 Å². The van der Waals surface area contributed by atoms with Crippen LogP contribution in [-0.2, 0) is 4.79 Å². The molecule has 0 spiro atoms. The van der Waals surface area contributed by atoms with Crippen molar-refractivity contribution in [3.63, 3.8) is 0 Å². The van der Waals surface area contributed by atoms with Gasteiger partial charge in [0.25, 0.3) is 0 Å². The van der Waals surface area contributed by atoms with Crippen molar-refractivity contribution in [2.24, 2.45) is 0 Å². The fraction of sp³-hybridized carbons (Fsp3) is 0.650. The molecule has 0 unspecified atom stereocenters. The van der Waals surface area contributed by atoms with Crippen LogP contribution in [0.2, 0.25) is 0 Å². The predicted molar refractivity (Wildman–Crippen MR) is 94.2 cm³/mol. The maximum atomic E-state index is 10.0. The summed E-state index contributed by atoms with van der Waals surface area (Å²) in [7, 11) is 0. The van der Waals surface area contributed by atoms with Gasteiger partial charge in [0.1, 0.15) is 0 Å². The SMILES string of the molecule is CCCCCC=CCC=CC/C=C\CCCCCC[C]=O. The average Bonchev–Trinajstić information content (AvgIpc) is 2.50. The van der Waals surface area contributed by atoms with Gasteiger partial charge in [-0.25, -0.2) is 0 Å². The molecule has 0 saturated carbocycles. The van der Waals surface area contributed by atoms with Crippen LogP contribution in [0, 0.1) is 0 Å². The summed E-state index contributed by atoms with van der Waals surface area (Å²) in [5, 5.41) is 0. The molecular formula is C20H33O. The number of unbranched alkanes of at least 4 members (excludes halogenated alkanes) is 8. The van der Waals surface area contributed by atoms with Gasteiger partial charge in [0, 0.05) is 6.42 Å². The van der Waals surface area contributed by atoms with Gasteiger partial charge in [0.15, 0.2) is 6.29 Å². The van der Waals surface area contributed by atoms with E-state index in [2.05, 4.69) is 43.4 Å². The third kappa shape index (κ3) is 18.9. The Morgan fingerprint density at radius 3 is 1.76 bits per heavy atom. The van der Waals surface area contributed by atoms with Crippen molar-refractivity contribution in [2.45, 2.75) is 84.0 Å². The van der Waals surface area contributed by atoms with Crippen LogP contribution in [0.5, 0.6) is 0 Å². The smallest absolute Gasteiger partial charge is 0.198 e. The van der Waals surface area contributed by atoms with E-state index in [1.165, 1.54) is 38.5 Å². The lowest BCUT2D eigenvalue weighted by molar-refractivity contribution is 0.544. The van der Waals surface area contributed by atoms with Crippen LogP contribution >= 0.6 is 0 Å². The van der Waals surface area contributed by atoms with E-state index in [9.17, 15) is 4.79 Å². The largest absolute Gasteiger partial charge is 0.291 e. The highest BCUT2D eigenvalue weighted by Gasteiger charge is 1.88. The van der Waals surface area contributed by atoms with Gasteiger partial charge in [0.2, 0.25) is 0 Å². The van der Waals surface area contributed by atoms with Crippen LogP contribution in [0.3, 0.4) is 0 Å². The van der Waals surface area contributed by atoms with Crippen LogP contribution in [0.15, 0.2) is 36.5 Å². The zero-order valence-electron chi connectivity index (χ0n) is 13.9. The van der Waals surface area contributed by atoms with Gasteiger partial charge in [-0.2, -0.15) is 0 Å². The first-order chi connectivity index (χ1) is 10.4. The maximum Gasteiger partial charge on any atom is 0.198 e. The van der Waals surface area contributed by atoms with Crippen LogP contribution in [-0.4, -0.2) is 6.29 Å². The summed E-state index contributed by atoms with van der Waals surface area (Å²) in [6.07, 6.45) is 29.2. The molecule has 0 atom stereocenters. The van der Waals surface area contributed by atoms with Crippen molar-refractivity contribution in [1.82, 2.24) is 0 Å². The second-order valence-corrected chi connectivity index (χ2v) is 5.48. The van der Waals surface area contributed by atoms with Gasteiger partial charge in [0.05, 0.1) is 0 Å². The van der Waals surface area contributed by atoms with Gasteiger partial charge < -0.3 is 0 Å². The fourth-order valence-electron chi connectivity index (χ4n) is 2.10.